The summed E-state index contributed by atoms with van der Waals surface area (Å²) >= 11 is 0. The number of aldehydes is 1. The van der Waals surface area contributed by atoms with E-state index in [-0.39, 0.29) is 5.69 Å². The van der Waals surface area contributed by atoms with E-state index in [1.807, 2.05) is 0 Å². The summed E-state index contributed by atoms with van der Waals surface area (Å²) in [5, 5.41) is 14.1. The van der Waals surface area contributed by atoms with Gasteiger partial charge in [-0.2, -0.15) is 0 Å². The van der Waals surface area contributed by atoms with Crippen molar-refractivity contribution < 1.29 is 9.72 Å². The number of carbonyl (C=O) groups excluding carboxylic acids is 1. The van der Waals surface area contributed by atoms with Gasteiger partial charge in [0.15, 0.2) is 6.29 Å². The predicted octanol–water partition coefficient (Wildman–Crippen LogP) is 1.59. The van der Waals surface area contributed by atoms with Crippen LogP contribution in [0, 0.1) is 10.1 Å². The number of nitrogens with one attached hydrogen (secondary N) is 1. The first-order valence-corrected chi connectivity index (χ1v) is 6.26. The van der Waals surface area contributed by atoms with E-state index in [4.69, 9.17) is 0 Å². The highest BCUT2D eigenvalue weighted by molar-refractivity contribution is 5.86. The van der Waals surface area contributed by atoms with E-state index in [1.165, 1.54) is 12.1 Å². The van der Waals surface area contributed by atoms with Crippen LogP contribution in [-0.2, 0) is 0 Å². The molecule has 0 amide bonds. The molecule has 1 N–H and O–H groups in total. The van der Waals surface area contributed by atoms with Crippen molar-refractivity contribution in [3.05, 3.63) is 33.9 Å². The number of nitro benzene ring substituents is 1. The van der Waals surface area contributed by atoms with E-state index in [1.54, 1.807) is 6.07 Å². The van der Waals surface area contributed by atoms with Crippen molar-refractivity contribution in [3.8, 4) is 0 Å². The second-order valence-corrected chi connectivity index (χ2v) is 4.99. The largest absolute Gasteiger partial charge is 0.368 e. The first-order valence-electron chi connectivity index (χ1n) is 6.26. The smallest absolute Gasteiger partial charge is 0.270 e. The molecule has 0 unspecified atom stereocenters. The second kappa shape index (κ2) is 5.36. The second-order valence-electron chi connectivity index (χ2n) is 4.99. The Balaban J connectivity index is 2.33. The van der Waals surface area contributed by atoms with E-state index < -0.39 is 4.92 Å². The highest BCUT2D eigenvalue weighted by atomic mass is 16.6. The molecule has 0 aromatic heterocycles. The van der Waals surface area contributed by atoms with E-state index in [0.29, 0.717) is 23.9 Å². The summed E-state index contributed by atoms with van der Waals surface area (Å²) in [7, 11) is 0. The number of rotatable bonds is 3. The van der Waals surface area contributed by atoms with Gasteiger partial charge in [0.1, 0.15) is 0 Å². The van der Waals surface area contributed by atoms with Crippen LogP contribution < -0.4 is 10.2 Å². The molecule has 1 fully saturated rings. The molecule has 0 spiro atoms. The SMILES string of the molecule is C[C@@H]1CN(c2ccc([N+](=O)[O-])cc2C=O)C[C@H](C)N1. The Labute approximate surface area is 111 Å². The summed E-state index contributed by atoms with van der Waals surface area (Å²) in [6.45, 7) is 5.72. The molecule has 102 valence electrons. The Morgan fingerprint density at radius 3 is 2.53 bits per heavy atom. The number of hydrogen-bond donors (Lipinski definition) is 1. The van der Waals surface area contributed by atoms with Crippen LogP contribution in [0.5, 0.6) is 0 Å². The van der Waals surface area contributed by atoms with Gasteiger partial charge in [0, 0.05) is 48.6 Å². The lowest BCUT2D eigenvalue weighted by Gasteiger charge is -2.38. The lowest BCUT2D eigenvalue weighted by atomic mass is 10.1. The number of non-ortho nitro benzene ring substituents is 1. The fourth-order valence-electron chi connectivity index (χ4n) is 2.56. The molecular weight excluding hydrogens is 246 g/mol. The first-order chi connectivity index (χ1) is 9.01. The molecule has 1 aliphatic heterocycles. The highest BCUT2D eigenvalue weighted by Gasteiger charge is 2.23. The lowest BCUT2D eigenvalue weighted by molar-refractivity contribution is -0.384. The van der Waals surface area contributed by atoms with Crippen molar-refractivity contribution >= 4 is 17.7 Å². The van der Waals surface area contributed by atoms with E-state index in [0.717, 1.165) is 18.8 Å². The van der Waals surface area contributed by atoms with Crippen LogP contribution >= 0.6 is 0 Å². The highest BCUT2D eigenvalue weighted by Crippen LogP contribution is 2.25. The summed E-state index contributed by atoms with van der Waals surface area (Å²) in [4.78, 5) is 23.5. The molecule has 0 saturated carbocycles. The molecule has 0 bridgehead atoms. The maximum absolute atomic E-state index is 11.1. The number of hydrogen-bond acceptors (Lipinski definition) is 5. The minimum atomic E-state index is -0.486. The molecule has 6 nitrogen and oxygen atoms in total. The van der Waals surface area contributed by atoms with Crippen LogP contribution in [-0.4, -0.2) is 36.4 Å². The zero-order chi connectivity index (χ0) is 14.0. The van der Waals surface area contributed by atoms with Crippen LogP contribution in [0.1, 0.15) is 24.2 Å². The third-order valence-electron chi connectivity index (χ3n) is 3.25. The minimum absolute atomic E-state index is 0.0536. The summed E-state index contributed by atoms with van der Waals surface area (Å²) < 4.78 is 0. The van der Waals surface area contributed by atoms with E-state index in [2.05, 4.69) is 24.1 Å². The topological polar surface area (TPSA) is 75.5 Å². The number of benzene rings is 1. The Hall–Kier alpha value is -1.95. The molecule has 2 atom stereocenters. The van der Waals surface area contributed by atoms with Gasteiger partial charge < -0.3 is 10.2 Å². The van der Waals surface area contributed by atoms with Gasteiger partial charge in [0.05, 0.1) is 4.92 Å². The molecule has 1 heterocycles. The van der Waals surface area contributed by atoms with Gasteiger partial charge in [-0.3, -0.25) is 14.9 Å². The van der Waals surface area contributed by atoms with Crippen LogP contribution in [0.4, 0.5) is 11.4 Å². The third kappa shape index (κ3) is 2.90. The minimum Gasteiger partial charge on any atom is -0.368 e. The van der Waals surface area contributed by atoms with Crippen LogP contribution in [0.3, 0.4) is 0 Å². The Morgan fingerprint density at radius 2 is 2.00 bits per heavy atom. The van der Waals surface area contributed by atoms with Gasteiger partial charge in [-0.1, -0.05) is 0 Å². The van der Waals surface area contributed by atoms with E-state index in [9.17, 15) is 14.9 Å². The van der Waals surface area contributed by atoms with Crippen molar-refractivity contribution in [3.63, 3.8) is 0 Å². The summed E-state index contributed by atoms with van der Waals surface area (Å²) in [5.74, 6) is 0. The lowest BCUT2D eigenvalue weighted by Crippen LogP contribution is -2.54. The number of piperazine rings is 1. The average molecular weight is 263 g/mol. The molecule has 0 aliphatic carbocycles. The number of anilines is 1. The molecule has 6 heteroatoms. The van der Waals surface area contributed by atoms with Crippen molar-refractivity contribution in [1.82, 2.24) is 5.32 Å². The van der Waals surface area contributed by atoms with Gasteiger partial charge in [-0.15, -0.1) is 0 Å². The van der Waals surface area contributed by atoms with Crippen LogP contribution in [0.15, 0.2) is 18.2 Å². The Morgan fingerprint density at radius 1 is 1.37 bits per heavy atom. The van der Waals surface area contributed by atoms with Crippen molar-refractivity contribution in [1.29, 1.82) is 0 Å². The molecule has 1 aliphatic rings. The third-order valence-corrected chi connectivity index (χ3v) is 3.25. The number of nitro groups is 1. The maximum atomic E-state index is 11.1. The Kier molecular flexibility index (Phi) is 3.80. The molecule has 1 saturated heterocycles. The average Bonchev–Trinajstić information content (AvgIpc) is 2.36. The van der Waals surface area contributed by atoms with Gasteiger partial charge in [0.2, 0.25) is 0 Å². The molecule has 19 heavy (non-hydrogen) atoms. The zero-order valence-corrected chi connectivity index (χ0v) is 11.0. The fourth-order valence-corrected chi connectivity index (χ4v) is 2.56. The molecular formula is C13H17N3O3. The number of carbonyl (C=O) groups is 1. The van der Waals surface area contributed by atoms with Crippen LogP contribution in [0.25, 0.3) is 0 Å². The maximum Gasteiger partial charge on any atom is 0.270 e. The molecule has 1 aromatic carbocycles. The van der Waals surface area contributed by atoms with Crippen molar-refractivity contribution in [2.75, 3.05) is 18.0 Å². The zero-order valence-electron chi connectivity index (χ0n) is 11.0. The van der Waals surface area contributed by atoms with Crippen molar-refractivity contribution in [2.24, 2.45) is 0 Å². The van der Waals surface area contributed by atoms with E-state index >= 15 is 0 Å². The summed E-state index contributed by atoms with van der Waals surface area (Å²) in [6.07, 6.45) is 0.680. The molecule has 2 rings (SSSR count). The summed E-state index contributed by atoms with van der Waals surface area (Å²) in [6, 6.07) is 5.07. The quantitative estimate of drug-likeness (QED) is 0.509. The van der Waals surface area contributed by atoms with Gasteiger partial charge in [0.25, 0.3) is 5.69 Å². The normalized spacial score (nSPS) is 23.2. The standard InChI is InChI=1S/C13H17N3O3/c1-9-6-15(7-10(2)14-9)13-4-3-12(16(18)19)5-11(13)8-17/h3-5,8-10,14H,6-7H2,1-2H3/t9-,10+. The van der Waals surface area contributed by atoms with Crippen molar-refractivity contribution in [2.45, 2.75) is 25.9 Å². The monoisotopic (exact) mass is 263 g/mol. The van der Waals surface area contributed by atoms with Gasteiger partial charge in [-0.25, -0.2) is 0 Å². The predicted molar refractivity (Wildman–Crippen MR) is 72.8 cm³/mol. The fraction of sp³-hybridized carbons (Fsp3) is 0.462. The Bertz CT molecular complexity index is 494. The summed E-state index contributed by atoms with van der Waals surface area (Å²) in [5.41, 5.74) is 1.08. The van der Waals surface area contributed by atoms with Gasteiger partial charge >= 0.3 is 0 Å². The first kappa shape index (κ1) is 13.5. The number of nitrogens with zero attached hydrogens (tertiary/aromatic N) is 2. The molecule has 1 aromatic rings. The molecule has 0 radical (unpaired) electrons. The van der Waals surface area contributed by atoms with Gasteiger partial charge in [-0.05, 0) is 19.9 Å². The van der Waals surface area contributed by atoms with Crippen LogP contribution in [0.2, 0.25) is 0 Å².